The van der Waals surface area contributed by atoms with Crippen LogP contribution in [-0.2, 0) is 17.5 Å². The number of hydrogen-bond acceptors (Lipinski definition) is 1. The van der Waals surface area contributed by atoms with Gasteiger partial charge in [0.1, 0.15) is 6.54 Å². The number of alkyl halides is 3. The molecule has 1 aromatic heterocycles. The lowest BCUT2D eigenvalue weighted by atomic mass is 10.1. The minimum Gasteiger partial charge on any atom is -0.345 e. The van der Waals surface area contributed by atoms with Crippen LogP contribution in [0.15, 0.2) is 48.8 Å². The molecule has 0 fully saturated rings. The molecule has 19 heavy (non-hydrogen) atoms. The summed E-state index contributed by atoms with van der Waals surface area (Å²) in [6, 6.07) is 8.36. The van der Waals surface area contributed by atoms with Crippen molar-refractivity contribution < 1.29 is 18.0 Å². The van der Waals surface area contributed by atoms with Crippen LogP contribution in [0.5, 0.6) is 0 Å². The van der Waals surface area contributed by atoms with Crippen LogP contribution in [0, 0.1) is 0 Å². The van der Waals surface area contributed by atoms with E-state index in [0.717, 1.165) is 6.07 Å². The number of para-hydroxylation sites is 1. The summed E-state index contributed by atoms with van der Waals surface area (Å²) in [6.07, 6.45) is -1.16. The number of amides is 1. The molecule has 1 N–H and O–H groups in total. The maximum Gasteiger partial charge on any atom is 0.418 e. The van der Waals surface area contributed by atoms with Crippen LogP contribution in [0.2, 0.25) is 0 Å². The van der Waals surface area contributed by atoms with Crippen molar-refractivity contribution in [2.75, 3.05) is 5.32 Å². The quantitative estimate of drug-likeness (QED) is 0.911. The van der Waals surface area contributed by atoms with Crippen molar-refractivity contribution in [1.82, 2.24) is 4.57 Å². The van der Waals surface area contributed by atoms with Gasteiger partial charge in [0.25, 0.3) is 0 Å². The Bertz CT molecular complexity index is 562. The zero-order valence-corrected chi connectivity index (χ0v) is 9.82. The van der Waals surface area contributed by atoms with Gasteiger partial charge in [-0.05, 0) is 24.3 Å². The van der Waals surface area contributed by atoms with Crippen molar-refractivity contribution >= 4 is 11.6 Å². The third-order valence-electron chi connectivity index (χ3n) is 2.50. The standard InChI is InChI=1S/C13H11F3N2O/c14-13(15,16)10-5-1-2-6-11(10)17-12(19)9-18-7-3-4-8-18/h1-8H,9H2,(H,17,19). The Labute approximate surface area is 107 Å². The molecule has 0 aliphatic heterocycles. The number of carbonyl (C=O) groups is 1. The normalized spacial score (nSPS) is 11.3. The van der Waals surface area contributed by atoms with Gasteiger partial charge in [-0.3, -0.25) is 4.79 Å². The summed E-state index contributed by atoms with van der Waals surface area (Å²) in [5.41, 5.74) is -1.08. The Kier molecular flexibility index (Phi) is 3.59. The van der Waals surface area contributed by atoms with Gasteiger partial charge in [0, 0.05) is 12.4 Å². The highest BCUT2D eigenvalue weighted by Crippen LogP contribution is 2.34. The van der Waals surface area contributed by atoms with Crippen LogP contribution in [0.1, 0.15) is 5.56 Å². The summed E-state index contributed by atoms with van der Waals surface area (Å²) in [7, 11) is 0. The Hall–Kier alpha value is -2.24. The van der Waals surface area contributed by atoms with E-state index in [1.165, 1.54) is 18.2 Å². The molecule has 0 saturated carbocycles. The van der Waals surface area contributed by atoms with Crippen LogP contribution in [0.4, 0.5) is 18.9 Å². The van der Waals surface area contributed by atoms with Gasteiger partial charge in [0.05, 0.1) is 11.3 Å². The van der Waals surface area contributed by atoms with E-state index < -0.39 is 17.6 Å². The molecule has 1 heterocycles. The SMILES string of the molecule is O=C(Cn1cccc1)Nc1ccccc1C(F)(F)F. The van der Waals surface area contributed by atoms with Gasteiger partial charge in [-0.2, -0.15) is 13.2 Å². The van der Waals surface area contributed by atoms with Gasteiger partial charge in [-0.15, -0.1) is 0 Å². The first-order valence-electron chi connectivity index (χ1n) is 5.53. The largest absolute Gasteiger partial charge is 0.418 e. The molecule has 0 saturated heterocycles. The molecular weight excluding hydrogens is 257 g/mol. The molecule has 0 bridgehead atoms. The van der Waals surface area contributed by atoms with Gasteiger partial charge in [-0.1, -0.05) is 12.1 Å². The minimum absolute atomic E-state index is 0.0286. The lowest BCUT2D eigenvalue weighted by molar-refractivity contribution is -0.137. The molecule has 0 atom stereocenters. The smallest absolute Gasteiger partial charge is 0.345 e. The first kappa shape index (κ1) is 13.2. The maximum absolute atomic E-state index is 12.7. The van der Waals surface area contributed by atoms with E-state index in [-0.39, 0.29) is 12.2 Å². The third-order valence-corrected chi connectivity index (χ3v) is 2.50. The molecule has 6 heteroatoms. The Morgan fingerprint density at radius 2 is 1.74 bits per heavy atom. The van der Waals surface area contributed by atoms with E-state index in [1.807, 2.05) is 0 Å². The van der Waals surface area contributed by atoms with Gasteiger partial charge in [0.15, 0.2) is 0 Å². The second kappa shape index (κ2) is 5.17. The topological polar surface area (TPSA) is 34.0 Å². The average Bonchev–Trinajstić information content (AvgIpc) is 2.81. The number of hydrogen-bond donors (Lipinski definition) is 1. The summed E-state index contributed by atoms with van der Waals surface area (Å²) in [5.74, 6) is -0.507. The Morgan fingerprint density at radius 3 is 2.37 bits per heavy atom. The lowest BCUT2D eigenvalue weighted by Crippen LogP contribution is -2.20. The summed E-state index contributed by atoms with van der Waals surface area (Å²) < 4.78 is 39.7. The van der Waals surface area contributed by atoms with E-state index in [0.29, 0.717) is 0 Å². The number of halogens is 3. The van der Waals surface area contributed by atoms with Gasteiger partial charge in [-0.25, -0.2) is 0 Å². The van der Waals surface area contributed by atoms with Crippen LogP contribution in [-0.4, -0.2) is 10.5 Å². The molecular formula is C13H11F3N2O. The maximum atomic E-state index is 12.7. The highest BCUT2D eigenvalue weighted by molar-refractivity contribution is 5.91. The number of nitrogens with one attached hydrogen (secondary N) is 1. The molecule has 2 rings (SSSR count). The second-order valence-electron chi connectivity index (χ2n) is 3.95. The van der Waals surface area contributed by atoms with Crippen molar-refractivity contribution in [1.29, 1.82) is 0 Å². The highest BCUT2D eigenvalue weighted by Gasteiger charge is 2.33. The third kappa shape index (κ3) is 3.37. The van der Waals surface area contributed by atoms with E-state index in [2.05, 4.69) is 5.32 Å². The van der Waals surface area contributed by atoms with Gasteiger partial charge < -0.3 is 9.88 Å². The number of aromatic nitrogens is 1. The number of carbonyl (C=O) groups excluding carboxylic acids is 1. The molecule has 0 radical (unpaired) electrons. The van der Waals surface area contributed by atoms with Crippen molar-refractivity contribution in [2.45, 2.75) is 12.7 Å². The number of rotatable bonds is 3. The molecule has 1 amide bonds. The van der Waals surface area contributed by atoms with Crippen molar-refractivity contribution in [3.8, 4) is 0 Å². The first-order chi connectivity index (χ1) is 8.97. The van der Waals surface area contributed by atoms with Crippen molar-refractivity contribution in [3.05, 3.63) is 54.4 Å². The van der Waals surface area contributed by atoms with E-state index in [1.54, 1.807) is 29.1 Å². The number of nitrogens with zero attached hydrogens (tertiary/aromatic N) is 1. The van der Waals surface area contributed by atoms with E-state index >= 15 is 0 Å². The Balaban J connectivity index is 2.13. The van der Waals surface area contributed by atoms with Crippen LogP contribution < -0.4 is 5.32 Å². The predicted octanol–water partition coefficient (Wildman–Crippen LogP) is 3.15. The fraction of sp³-hybridized carbons (Fsp3) is 0.154. The molecule has 2 aromatic rings. The van der Waals surface area contributed by atoms with Crippen LogP contribution in [0.3, 0.4) is 0 Å². The number of anilines is 1. The van der Waals surface area contributed by atoms with Crippen molar-refractivity contribution in [2.24, 2.45) is 0 Å². The lowest BCUT2D eigenvalue weighted by Gasteiger charge is -2.13. The molecule has 0 spiro atoms. The highest BCUT2D eigenvalue weighted by atomic mass is 19.4. The van der Waals surface area contributed by atoms with Gasteiger partial charge in [0.2, 0.25) is 5.91 Å². The van der Waals surface area contributed by atoms with E-state index in [4.69, 9.17) is 0 Å². The average molecular weight is 268 g/mol. The first-order valence-corrected chi connectivity index (χ1v) is 5.53. The monoisotopic (exact) mass is 268 g/mol. The summed E-state index contributed by atoms with van der Waals surface area (Å²) in [4.78, 5) is 11.7. The second-order valence-corrected chi connectivity index (χ2v) is 3.95. The fourth-order valence-electron chi connectivity index (χ4n) is 1.67. The van der Waals surface area contributed by atoms with Crippen LogP contribution in [0.25, 0.3) is 0 Å². The predicted molar refractivity (Wildman–Crippen MR) is 64.5 cm³/mol. The molecule has 1 aromatic carbocycles. The summed E-state index contributed by atoms with van der Waals surface area (Å²) in [5, 5.41) is 2.28. The fourth-order valence-corrected chi connectivity index (χ4v) is 1.67. The van der Waals surface area contributed by atoms with Gasteiger partial charge >= 0.3 is 6.18 Å². The molecule has 0 aliphatic rings. The number of benzene rings is 1. The molecule has 3 nitrogen and oxygen atoms in total. The minimum atomic E-state index is -4.49. The zero-order valence-electron chi connectivity index (χ0n) is 9.82. The summed E-state index contributed by atoms with van der Waals surface area (Å²) in [6.45, 7) is -0.0286. The van der Waals surface area contributed by atoms with Crippen molar-refractivity contribution in [3.63, 3.8) is 0 Å². The molecule has 100 valence electrons. The van der Waals surface area contributed by atoms with Crippen LogP contribution >= 0.6 is 0 Å². The zero-order chi connectivity index (χ0) is 13.9. The summed E-state index contributed by atoms with van der Waals surface area (Å²) >= 11 is 0. The Morgan fingerprint density at radius 1 is 1.11 bits per heavy atom. The molecule has 0 unspecified atom stereocenters. The molecule has 0 aliphatic carbocycles. The van der Waals surface area contributed by atoms with E-state index in [9.17, 15) is 18.0 Å².